The van der Waals surface area contributed by atoms with E-state index < -0.39 is 10.9 Å². The van der Waals surface area contributed by atoms with E-state index in [1.165, 1.54) is 13.4 Å². The number of aromatic nitrogens is 2. The lowest BCUT2D eigenvalue weighted by atomic mass is 10.2. The fourth-order valence-electron chi connectivity index (χ4n) is 2.82. The van der Waals surface area contributed by atoms with Crippen LogP contribution in [0, 0.1) is 17.0 Å². The Labute approximate surface area is 178 Å². The highest BCUT2D eigenvalue weighted by Gasteiger charge is 2.24. The van der Waals surface area contributed by atoms with Crippen LogP contribution < -0.4 is 15.4 Å². The van der Waals surface area contributed by atoms with Crippen molar-refractivity contribution in [2.75, 3.05) is 24.4 Å². The van der Waals surface area contributed by atoms with Crippen LogP contribution in [0.3, 0.4) is 0 Å². The van der Waals surface area contributed by atoms with Gasteiger partial charge in [0.05, 0.1) is 29.9 Å². The topological polar surface area (TPSA) is 129 Å². The van der Waals surface area contributed by atoms with E-state index in [4.69, 9.17) is 9.47 Å². The molecule has 0 bridgehead atoms. The SMILES string of the molecule is CCOC(=O)c1ccc(Nc2ncnc(Nc3cc(C)ccc3OC)c2[N+](=O)[O-])cc1. The van der Waals surface area contributed by atoms with Gasteiger partial charge >= 0.3 is 11.7 Å². The lowest BCUT2D eigenvalue weighted by Gasteiger charge is -2.13. The van der Waals surface area contributed by atoms with Crippen molar-refractivity contribution in [1.29, 1.82) is 0 Å². The van der Waals surface area contributed by atoms with Gasteiger partial charge < -0.3 is 20.1 Å². The molecule has 0 aliphatic rings. The minimum atomic E-state index is -0.570. The number of rotatable bonds is 8. The molecule has 0 saturated carbocycles. The molecule has 10 nitrogen and oxygen atoms in total. The average Bonchev–Trinajstić information content (AvgIpc) is 2.74. The van der Waals surface area contributed by atoms with Gasteiger partial charge in [-0.25, -0.2) is 14.8 Å². The summed E-state index contributed by atoms with van der Waals surface area (Å²) in [6.45, 7) is 3.89. The first-order valence-corrected chi connectivity index (χ1v) is 9.38. The number of methoxy groups -OCH3 is 1. The van der Waals surface area contributed by atoms with E-state index >= 15 is 0 Å². The first kappa shape index (κ1) is 21.5. The van der Waals surface area contributed by atoms with Crippen molar-refractivity contribution >= 4 is 34.7 Å². The van der Waals surface area contributed by atoms with Crippen LogP contribution in [0.25, 0.3) is 0 Å². The number of ether oxygens (including phenoxy) is 2. The number of anilines is 4. The Kier molecular flexibility index (Phi) is 6.61. The molecule has 0 amide bonds. The normalized spacial score (nSPS) is 10.3. The fourth-order valence-corrected chi connectivity index (χ4v) is 2.82. The zero-order valence-corrected chi connectivity index (χ0v) is 17.2. The summed E-state index contributed by atoms with van der Waals surface area (Å²) in [6.07, 6.45) is 1.22. The van der Waals surface area contributed by atoms with Gasteiger partial charge in [-0.1, -0.05) is 6.07 Å². The lowest BCUT2D eigenvalue weighted by molar-refractivity contribution is -0.383. The van der Waals surface area contributed by atoms with Gasteiger partial charge in [-0.05, 0) is 55.8 Å². The standard InChI is InChI=1S/C21H21N5O5/c1-4-31-21(27)14-6-8-15(9-7-14)24-19-18(26(28)29)20(23-12-22-19)25-16-11-13(2)5-10-17(16)30-3/h5-12H,4H2,1-3H3,(H2,22,23,24,25). The van der Waals surface area contributed by atoms with Crippen LogP contribution in [0.1, 0.15) is 22.8 Å². The van der Waals surface area contributed by atoms with Crippen molar-refractivity contribution in [3.8, 4) is 5.75 Å². The summed E-state index contributed by atoms with van der Waals surface area (Å²) < 4.78 is 10.3. The molecule has 3 aromatic rings. The number of hydrogen-bond donors (Lipinski definition) is 2. The van der Waals surface area contributed by atoms with Crippen LogP contribution in [-0.2, 0) is 4.74 Å². The van der Waals surface area contributed by atoms with Crippen molar-refractivity contribution in [3.63, 3.8) is 0 Å². The van der Waals surface area contributed by atoms with Crippen LogP contribution in [-0.4, -0.2) is 34.6 Å². The zero-order valence-electron chi connectivity index (χ0n) is 17.2. The largest absolute Gasteiger partial charge is 0.495 e. The molecule has 3 rings (SSSR count). The molecule has 10 heteroatoms. The monoisotopic (exact) mass is 423 g/mol. The molecule has 160 valence electrons. The second-order valence-electron chi connectivity index (χ2n) is 6.43. The summed E-state index contributed by atoms with van der Waals surface area (Å²) in [5, 5.41) is 17.7. The molecule has 0 atom stereocenters. The predicted molar refractivity (Wildman–Crippen MR) is 115 cm³/mol. The first-order valence-electron chi connectivity index (χ1n) is 9.38. The van der Waals surface area contributed by atoms with E-state index in [9.17, 15) is 14.9 Å². The van der Waals surface area contributed by atoms with E-state index in [-0.39, 0.29) is 23.9 Å². The van der Waals surface area contributed by atoms with Gasteiger partial charge in [0.15, 0.2) is 0 Å². The number of carbonyl (C=O) groups excluding carboxylic acids is 1. The second-order valence-corrected chi connectivity index (χ2v) is 6.43. The summed E-state index contributed by atoms with van der Waals surface area (Å²) in [7, 11) is 1.51. The molecule has 0 aliphatic carbocycles. The van der Waals surface area contributed by atoms with Crippen LogP contribution in [0.4, 0.5) is 28.7 Å². The highest BCUT2D eigenvalue weighted by molar-refractivity contribution is 5.90. The number of benzene rings is 2. The Balaban J connectivity index is 1.91. The van der Waals surface area contributed by atoms with Gasteiger partial charge in [0, 0.05) is 5.69 Å². The lowest BCUT2D eigenvalue weighted by Crippen LogP contribution is -2.07. The van der Waals surface area contributed by atoms with Crippen molar-refractivity contribution in [2.45, 2.75) is 13.8 Å². The van der Waals surface area contributed by atoms with Crippen molar-refractivity contribution in [1.82, 2.24) is 9.97 Å². The molecule has 0 spiro atoms. The number of hydrogen-bond acceptors (Lipinski definition) is 9. The quantitative estimate of drug-likeness (QED) is 0.308. The van der Waals surface area contributed by atoms with Crippen LogP contribution in [0.15, 0.2) is 48.8 Å². The number of aryl methyl sites for hydroxylation is 1. The smallest absolute Gasteiger partial charge is 0.353 e. The van der Waals surface area contributed by atoms with Crippen molar-refractivity contribution < 1.29 is 19.2 Å². The molecule has 2 N–H and O–H groups in total. The Hall–Kier alpha value is -4.21. The van der Waals surface area contributed by atoms with Crippen molar-refractivity contribution in [2.24, 2.45) is 0 Å². The maximum atomic E-state index is 11.8. The summed E-state index contributed by atoms with van der Waals surface area (Å²) in [5.74, 6) is 0.0794. The number of nitrogens with one attached hydrogen (secondary N) is 2. The Morgan fingerprint density at radius 2 is 1.77 bits per heavy atom. The third-order valence-electron chi connectivity index (χ3n) is 4.27. The second kappa shape index (κ2) is 9.53. The third-order valence-corrected chi connectivity index (χ3v) is 4.27. The number of nitro groups is 1. The van der Waals surface area contributed by atoms with Crippen LogP contribution in [0.5, 0.6) is 5.75 Å². The molecular formula is C21H21N5O5. The first-order chi connectivity index (χ1) is 14.9. The van der Waals surface area contributed by atoms with E-state index in [2.05, 4.69) is 20.6 Å². The van der Waals surface area contributed by atoms with E-state index in [1.807, 2.05) is 13.0 Å². The van der Waals surface area contributed by atoms with E-state index in [0.29, 0.717) is 22.7 Å². The fraction of sp³-hybridized carbons (Fsp3) is 0.190. The maximum Gasteiger partial charge on any atom is 0.353 e. The zero-order chi connectivity index (χ0) is 22.4. The molecule has 1 heterocycles. The predicted octanol–water partition coefficient (Wildman–Crippen LogP) is 4.37. The Morgan fingerprint density at radius 1 is 1.10 bits per heavy atom. The molecule has 0 aliphatic heterocycles. The van der Waals surface area contributed by atoms with Gasteiger partial charge in [-0.2, -0.15) is 0 Å². The maximum absolute atomic E-state index is 11.8. The van der Waals surface area contributed by atoms with E-state index in [0.717, 1.165) is 5.56 Å². The summed E-state index contributed by atoms with van der Waals surface area (Å²) in [5.41, 5.74) is 2.03. The Bertz CT molecular complexity index is 1100. The molecular weight excluding hydrogens is 402 g/mol. The third kappa shape index (κ3) is 5.04. The molecule has 0 fully saturated rings. The number of carbonyl (C=O) groups is 1. The van der Waals surface area contributed by atoms with E-state index in [1.54, 1.807) is 43.3 Å². The summed E-state index contributed by atoms with van der Waals surface area (Å²) in [4.78, 5) is 31.1. The summed E-state index contributed by atoms with van der Waals surface area (Å²) in [6, 6.07) is 11.8. The summed E-state index contributed by atoms with van der Waals surface area (Å²) >= 11 is 0. The van der Waals surface area contributed by atoms with Gasteiger partial charge in [-0.3, -0.25) is 10.1 Å². The molecule has 2 aromatic carbocycles. The highest BCUT2D eigenvalue weighted by Crippen LogP contribution is 2.35. The van der Waals surface area contributed by atoms with Crippen LogP contribution >= 0.6 is 0 Å². The average molecular weight is 423 g/mol. The molecule has 0 radical (unpaired) electrons. The molecule has 31 heavy (non-hydrogen) atoms. The van der Waals surface area contributed by atoms with Gasteiger partial charge in [0.2, 0.25) is 11.6 Å². The minimum Gasteiger partial charge on any atom is -0.495 e. The number of esters is 1. The molecule has 1 aromatic heterocycles. The van der Waals surface area contributed by atoms with Crippen molar-refractivity contribution in [3.05, 3.63) is 70.0 Å². The van der Waals surface area contributed by atoms with Gasteiger partial charge in [-0.15, -0.1) is 0 Å². The minimum absolute atomic E-state index is 0.00185. The Morgan fingerprint density at radius 3 is 2.39 bits per heavy atom. The molecule has 0 saturated heterocycles. The van der Waals surface area contributed by atoms with Gasteiger partial charge in [0.1, 0.15) is 12.1 Å². The van der Waals surface area contributed by atoms with Crippen LogP contribution in [0.2, 0.25) is 0 Å². The molecule has 0 unspecified atom stereocenters. The highest BCUT2D eigenvalue weighted by atomic mass is 16.6. The number of nitrogens with zero attached hydrogens (tertiary/aromatic N) is 3. The van der Waals surface area contributed by atoms with Gasteiger partial charge in [0.25, 0.3) is 0 Å².